The standard InChI is InChI=1S/C14H21NO3/c1-4-10-12(16)6-5-9(13(10)8(2)3)7-11(15)14(17)18/h5-6,8,11,16H,4,7,15H2,1-3H3,(H,17,18)/t11-/m0/s1. The summed E-state index contributed by atoms with van der Waals surface area (Å²) in [4.78, 5) is 10.8. The van der Waals surface area contributed by atoms with E-state index in [1.165, 1.54) is 0 Å². The third-order valence-electron chi connectivity index (χ3n) is 3.11. The third kappa shape index (κ3) is 3.01. The smallest absolute Gasteiger partial charge is 0.320 e. The molecule has 1 aromatic rings. The molecule has 0 amide bonds. The molecular formula is C14H21NO3. The number of carbonyl (C=O) groups is 1. The summed E-state index contributed by atoms with van der Waals surface area (Å²) in [6.45, 7) is 6.04. The van der Waals surface area contributed by atoms with E-state index < -0.39 is 12.0 Å². The van der Waals surface area contributed by atoms with E-state index in [9.17, 15) is 9.90 Å². The molecule has 0 saturated heterocycles. The first-order valence-electron chi connectivity index (χ1n) is 6.20. The normalized spacial score (nSPS) is 12.7. The molecule has 0 aliphatic heterocycles. The predicted octanol–water partition coefficient (Wildman–Crippen LogP) is 2.03. The van der Waals surface area contributed by atoms with Crippen molar-refractivity contribution in [2.45, 2.75) is 45.6 Å². The Kier molecular flexibility index (Phi) is 4.73. The van der Waals surface area contributed by atoms with Crippen LogP contribution < -0.4 is 5.73 Å². The first-order valence-corrected chi connectivity index (χ1v) is 6.20. The van der Waals surface area contributed by atoms with Crippen LogP contribution in [0.25, 0.3) is 0 Å². The van der Waals surface area contributed by atoms with E-state index in [2.05, 4.69) is 0 Å². The number of aromatic hydroxyl groups is 1. The van der Waals surface area contributed by atoms with Crippen LogP contribution >= 0.6 is 0 Å². The van der Waals surface area contributed by atoms with Crippen LogP contribution in [-0.4, -0.2) is 22.2 Å². The summed E-state index contributed by atoms with van der Waals surface area (Å²) in [7, 11) is 0. The van der Waals surface area contributed by atoms with E-state index in [1.54, 1.807) is 12.1 Å². The Bertz CT molecular complexity index is 441. The molecule has 0 spiro atoms. The van der Waals surface area contributed by atoms with Crippen LogP contribution in [0.3, 0.4) is 0 Å². The van der Waals surface area contributed by atoms with Gasteiger partial charge in [0.2, 0.25) is 0 Å². The van der Waals surface area contributed by atoms with E-state index in [1.807, 2.05) is 20.8 Å². The van der Waals surface area contributed by atoms with Crippen LogP contribution in [0.15, 0.2) is 12.1 Å². The van der Waals surface area contributed by atoms with Gasteiger partial charge in [0, 0.05) is 0 Å². The van der Waals surface area contributed by atoms with Crippen molar-refractivity contribution in [1.29, 1.82) is 0 Å². The highest BCUT2D eigenvalue weighted by Gasteiger charge is 2.19. The fraction of sp³-hybridized carbons (Fsp3) is 0.500. The van der Waals surface area contributed by atoms with Gasteiger partial charge in [-0.05, 0) is 41.5 Å². The lowest BCUT2D eigenvalue weighted by molar-refractivity contribution is -0.138. The third-order valence-corrected chi connectivity index (χ3v) is 3.11. The lowest BCUT2D eigenvalue weighted by Crippen LogP contribution is -2.32. The molecule has 4 nitrogen and oxygen atoms in total. The van der Waals surface area contributed by atoms with Gasteiger partial charge >= 0.3 is 5.97 Å². The maximum absolute atomic E-state index is 10.8. The zero-order valence-electron chi connectivity index (χ0n) is 11.1. The number of rotatable bonds is 5. The molecule has 0 radical (unpaired) electrons. The number of hydrogen-bond acceptors (Lipinski definition) is 3. The van der Waals surface area contributed by atoms with Crippen LogP contribution in [0.4, 0.5) is 0 Å². The Labute approximate surface area is 107 Å². The average Bonchev–Trinajstić information content (AvgIpc) is 2.30. The summed E-state index contributed by atoms with van der Waals surface area (Å²) in [6.07, 6.45) is 1.01. The lowest BCUT2D eigenvalue weighted by Gasteiger charge is -2.19. The van der Waals surface area contributed by atoms with Gasteiger partial charge in [0.25, 0.3) is 0 Å². The molecule has 1 aromatic carbocycles. The van der Waals surface area contributed by atoms with Gasteiger partial charge in [-0.15, -0.1) is 0 Å². The Morgan fingerprint density at radius 1 is 1.39 bits per heavy atom. The number of nitrogens with two attached hydrogens (primary N) is 1. The van der Waals surface area contributed by atoms with Crippen molar-refractivity contribution in [3.63, 3.8) is 0 Å². The van der Waals surface area contributed by atoms with Crippen molar-refractivity contribution in [3.05, 3.63) is 28.8 Å². The Balaban J connectivity index is 3.23. The zero-order chi connectivity index (χ0) is 13.9. The van der Waals surface area contributed by atoms with Gasteiger partial charge in [0.1, 0.15) is 11.8 Å². The van der Waals surface area contributed by atoms with Crippen molar-refractivity contribution in [3.8, 4) is 5.75 Å². The first kappa shape index (κ1) is 14.5. The van der Waals surface area contributed by atoms with Crippen molar-refractivity contribution in [2.24, 2.45) is 5.73 Å². The van der Waals surface area contributed by atoms with Crippen LogP contribution in [0.1, 0.15) is 43.4 Å². The molecular weight excluding hydrogens is 230 g/mol. The number of phenolic OH excluding ortho intramolecular Hbond substituents is 1. The predicted molar refractivity (Wildman–Crippen MR) is 70.9 cm³/mol. The minimum absolute atomic E-state index is 0.225. The Morgan fingerprint density at radius 2 is 2.00 bits per heavy atom. The van der Waals surface area contributed by atoms with Gasteiger partial charge < -0.3 is 15.9 Å². The van der Waals surface area contributed by atoms with Crippen molar-refractivity contribution in [1.82, 2.24) is 0 Å². The molecule has 1 rings (SSSR count). The number of hydrogen-bond donors (Lipinski definition) is 3. The van der Waals surface area contributed by atoms with Gasteiger partial charge in [0.05, 0.1) is 0 Å². The Morgan fingerprint density at radius 3 is 2.44 bits per heavy atom. The Hall–Kier alpha value is -1.55. The minimum atomic E-state index is -1.00. The molecule has 0 fully saturated rings. The minimum Gasteiger partial charge on any atom is -0.508 e. The molecule has 0 saturated carbocycles. The molecule has 0 heterocycles. The van der Waals surface area contributed by atoms with Gasteiger partial charge in [0.15, 0.2) is 0 Å². The molecule has 0 aliphatic rings. The summed E-state index contributed by atoms with van der Waals surface area (Å²) < 4.78 is 0. The molecule has 1 atom stereocenters. The van der Waals surface area contributed by atoms with Crippen LogP contribution in [-0.2, 0) is 17.6 Å². The van der Waals surface area contributed by atoms with Crippen LogP contribution in [0.5, 0.6) is 5.75 Å². The molecule has 0 unspecified atom stereocenters. The van der Waals surface area contributed by atoms with Gasteiger partial charge in [-0.1, -0.05) is 26.8 Å². The second-order valence-electron chi connectivity index (χ2n) is 4.79. The molecule has 0 aromatic heterocycles. The largest absolute Gasteiger partial charge is 0.508 e. The van der Waals surface area contributed by atoms with Crippen LogP contribution in [0.2, 0.25) is 0 Å². The quantitative estimate of drug-likeness (QED) is 0.747. The summed E-state index contributed by atoms with van der Waals surface area (Å²) in [5.74, 6) is -0.507. The molecule has 0 aliphatic carbocycles. The maximum atomic E-state index is 10.8. The monoisotopic (exact) mass is 251 g/mol. The van der Waals surface area contributed by atoms with Gasteiger partial charge in [-0.25, -0.2) is 0 Å². The fourth-order valence-corrected chi connectivity index (χ4v) is 2.29. The average molecular weight is 251 g/mol. The summed E-state index contributed by atoms with van der Waals surface area (Å²) in [5.41, 5.74) is 8.41. The zero-order valence-corrected chi connectivity index (χ0v) is 11.1. The van der Waals surface area contributed by atoms with Crippen LogP contribution in [0, 0.1) is 0 Å². The van der Waals surface area contributed by atoms with E-state index in [0.29, 0.717) is 0 Å². The van der Waals surface area contributed by atoms with Gasteiger partial charge in [-0.3, -0.25) is 4.79 Å². The molecule has 18 heavy (non-hydrogen) atoms. The fourth-order valence-electron chi connectivity index (χ4n) is 2.29. The SMILES string of the molecule is CCc1c(O)ccc(C[C@H](N)C(=O)O)c1C(C)C. The number of aliphatic carboxylic acids is 1. The van der Waals surface area contributed by atoms with Gasteiger partial charge in [-0.2, -0.15) is 0 Å². The number of carboxylic acids is 1. The first-order chi connectivity index (χ1) is 8.38. The number of benzene rings is 1. The van der Waals surface area contributed by atoms with Crippen molar-refractivity contribution < 1.29 is 15.0 Å². The van der Waals surface area contributed by atoms with E-state index >= 15 is 0 Å². The molecule has 0 bridgehead atoms. The van der Waals surface area contributed by atoms with E-state index in [-0.39, 0.29) is 18.1 Å². The maximum Gasteiger partial charge on any atom is 0.320 e. The summed E-state index contributed by atoms with van der Waals surface area (Å²) >= 11 is 0. The topological polar surface area (TPSA) is 83.5 Å². The highest BCUT2D eigenvalue weighted by Crippen LogP contribution is 2.31. The number of phenols is 1. The highest BCUT2D eigenvalue weighted by atomic mass is 16.4. The lowest BCUT2D eigenvalue weighted by atomic mass is 9.87. The van der Waals surface area contributed by atoms with E-state index in [0.717, 1.165) is 23.1 Å². The summed E-state index contributed by atoms with van der Waals surface area (Å²) in [5, 5.41) is 18.7. The summed E-state index contributed by atoms with van der Waals surface area (Å²) in [6, 6.07) is 2.48. The molecule has 4 heteroatoms. The van der Waals surface area contributed by atoms with E-state index in [4.69, 9.17) is 10.8 Å². The highest BCUT2D eigenvalue weighted by molar-refractivity contribution is 5.73. The molecule has 4 N–H and O–H groups in total. The second-order valence-corrected chi connectivity index (χ2v) is 4.79. The molecule has 100 valence electrons. The second kappa shape index (κ2) is 5.87. The van der Waals surface area contributed by atoms with Crippen molar-refractivity contribution >= 4 is 5.97 Å². The number of carboxylic acid groups (broad SMARTS) is 1. The van der Waals surface area contributed by atoms with Crippen molar-refractivity contribution in [2.75, 3.05) is 0 Å².